The van der Waals surface area contributed by atoms with E-state index in [0.717, 1.165) is 3.57 Å². The molecule has 0 aliphatic rings. The molecule has 6 heteroatoms. The Bertz CT molecular complexity index is 356. The Balaban J connectivity index is 3.35. The zero-order valence-electron chi connectivity index (χ0n) is 6.33. The van der Waals surface area contributed by atoms with E-state index in [1.807, 2.05) is 22.6 Å². The van der Waals surface area contributed by atoms with Crippen LogP contribution in [0, 0.1) is 13.7 Å². The quantitative estimate of drug-likeness (QED) is 0.518. The Morgan fingerprint density at radius 3 is 2.69 bits per heavy atom. The van der Waals surface area contributed by atoms with E-state index in [-0.39, 0.29) is 17.3 Å². The number of nitrogens with zero attached hydrogens (tertiary/aromatic N) is 1. The van der Waals surface area contributed by atoms with Gasteiger partial charge in [0.15, 0.2) is 0 Å². The summed E-state index contributed by atoms with van der Waals surface area (Å²) >= 11 is 7.66. The van der Waals surface area contributed by atoms with E-state index in [9.17, 15) is 10.1 Å². The fraction of sp³-hybridized carbons (Fsp3) is 0.143. The lowest BCUT2D eigenvalue weighted by atomic mass is 10.2. The molecule has 70 valence electrons. The van der Waals surface area contributed by atoms with Gasteiger partial charge in [-0.1, -0.05) is 11.6 Å². The van der Waals surface area contributed by atoms with Gasteiger partial charge in [-0.3, -0.25) is 10.1 Å². The van der Waals surface area contributed by atoms with Crippen molar-refractivity contribution in [1.29, 1.82) is 0 Å². The highest BCUT2D eigenvalue weighted by molar-refractivity contribution is 14.1. The summed E-state index contributed by atoms with van der Waals surface area (Å²) < 4.78 is 0.718. The summed E-state index contributed by atoms with van der Waals surface area (Å²) in [5, 5.41) is 19.3. The Morgan fingerprint density at radius 1 is 1.62 bits per heavy atom. The molecule has 0 radical (unpaired) electrons. The lowest BCUT2D eigenvalue weighted by Gasteiger charge is -2.03. The second-order valence-corrected chi connectivity index (χ2v) is 3.81. The van der Waals surface area contributed by atoms with Crippen molar-refractivity contribution < 1.29 is 10.0 Å². The van der Waals surface area contributed by atoms with Crippen LogP contribution < -0.4 is 0 Å². The third kappa shape index (κ3) is 2.09. The summed E-state index contributed by atoms with van der Waals surface area (Å²) in [5.41, 5.74) is 0.225. The minimum atomic E-state index is -0.572. The third-order valence-electron chi connectivity index (χ3n) is 1.52. The first-order chi connectivity index (χ1) is 6.07. The smallest absolute Gasteiger partial charge is 0.288 e. The van der Waals surface area contributed by atoms with Gasteiger partial charge in [0, 0.05) is 15.2 Å². The molecule has 1 rings (SSSR count). The van der Waals surface area contributed by atoms with Crippen LogP contribution in [-0.2, 0) is 6.61 Å². The minimum Gasteiger partial charge on any atom is -0.392 e. The number of hydrogen-bond donors (Lipinski definition) is 1. The van der Waals surface area contributed by atoms with Crippen molar-refractivity contribution in [2.24, 2.45) is 0 Å². The van der Waals surface area contributed by atoms with Crippen molar-refractivity contribution in [3.05, 3.63) is 36.4 Å². The number of hydrogen-bond acceptors (Lipinski definition) is 3. The molecule has 0 amide bonds. The number of halogens is 2. The molecular weight excluding hydrogens is 308 g/mol. The van der Waals surface area contributed by atoms with Gasteiger partial charge in [-0.05, 0) is 28.7 Å². The van der Waals surface area contributed by atoms with E-state index >= 15 is 0 Å². The van der Waals surface area contributed by atoms with Gasteiger partial charge in [-0.2, -0.15) is 0 Å². The molecule has 0 unspecified atom stereocenters. The van der Waals surface area contributed by atoms with E-state index in [4.69, 9.17) is 16.7 Å². The number of aliphatic hydroxyl groups is 1. The van der Waals surface area contributed by atoms with Crippen molar-refractivity contribution in [3.63, 3.8) is 0 Å². The molecule has 0 heterocycles. The zero-order chi connectivity index (χ0) is 10.0. The van der Waals surface area contributed by atoms with Crippen LogP contribution in [0.4, 0.5) is 5.69 Å². The molecule has 0 saturated heterocycles. The first-order valence-corrected chi connectivity index (χ1v) is 4.75. The van der Waals surface area contributed by atoms with Gasteiger partial charge in [-0.25, -0.2) is 0 Å². The fourth-order valence-corrected chi connectivity index (χ4v) is 1.94. The topological polar surface area (TPSA) is 63.4 Å². The predicted octanol–water partition coefficient (Wildman–Crippen LogP) is 2.35. The third-order valence-corrected chi connectivity index (χ3v) is 2.95. The van der Waals surface area contributed by atoms with Crippen LogP contribution >= 0.6 is 34.2 Å². The molecule has 0 atom stereocenters. The lowest BCUT2D eigenvalue weighted by molar-refractivity contribution is -0.384. The van der Waals surface area contributed by atoms with Gasteiger partial charge in [0.2, 0.25) is 0 Å². The van der Waals surface area contributed by atoms with Crippen LogP contribution in [0.15, 0.2) is 12.1 Å². The SMILES string of the molecule is O=[N+]([O-])c1ccc(I)c(CO)c1Cl. The normalized spacial score (nSPS) is 10.1. The number of aliphatic hydroxyl groups excluding tert-OH is 1. The standard InChI is InChI=1S/C7H5ClINO3/c8-7-4(3-11)5(9)1-2-6(7)10(12)13/h1-2,11H,3H2. The van der Waals surface area contributed by atoms with Gasteiger partial charge in [0.1, 0.15) is 5.02 Å². The number of nitro groups is 1. The molecule has 13 heavy (non-hydrogen) atoms. The molecule has 1 aromatic rings. The monoisotopic (exact) mass is 313 g/mol. The van der Waals surface area contributed by atoms with Crippen LogP contribution in [0.25, 0.3) is 0 Å². The lowest BCUT2D eigenvalue weighted by Crippen LogP contribution is -1.95. The molecule has 0 aromatic heterocycles. The Hall–Kier alpha value is -0.400. The van der Waals surface area contributed by atoms with Crippen LogP contribution in [0.2, 0.25) is 5.02 Å². The summed E-state index contributed by atoms with van der Waals surface area (Å²) in [6.07, 6.45) is 0. The second kappa shape index (κ2) is 4.21. The molecule has 0 fully saturated rings. The number of rotatable bonds is 2. The minimum absolute atomic E-state index is 0.0133. The molecule has 0 bridgehead atoms. The van der Waals surface area contributed by atoms with Gasteiger partial charge in [0.25, 0.3) is 5.69 Å². The molecule has 0 aliphatic heterocycles. The van der Waals surface area contributed by atoms with Crippen LogP contribution in [-0.4, -0.2) is 10.0 Å². The maximum atomic E-state index is 10.4. The van der Waals surface area contributed by atoms with E-state index < -0.39 is 4.92 Å². The van der Waals surface area contributed by atoms with E-state index in [0.29, 0.717) is 5.56 Å². The van der Waals surface area contributed by atoms with Crippen molar-refractivity contribution in [3.8, 4) is 0 Å². The largest absolute Gasteiger partial charge is 0.392 e. The average molecular weight is 313 g/mol. The van der Waals surface area contributed by atoms with Crippen molar-refractivity contribution >= 4 is 39.9 Å². The average Bonchev–Trinajstić information content (AvgIpc) is 2.04. The second-order valence-electron chi connectivity index (χ2n) is 2.27. The summed E-state index contributed by atoms with van der Waals surface area (Å²) in [4.78, 5) is 9.87. The summed E-state index contributed by atoms with van der Waals surface area (Å²) in [6.45, 7) is -0.293. The molecular formula is C7H5ClINO3. The molecule has 4 nitrogen and oxygen atoms in total. The van der Waals surface area contributed by atoms with Gasteiger partial charge in [0.05, 0.1) is 11.5 Å². The summed E-state index contributed by atoms with van der Waals surface area (Å²) in [6, 6.07) is 2.87. The van der Waals surface area contributed by atoms with E-state index in [1.54, 1.807) is 6.07 Å². The van der Waals surface area contributed by atoms with Crippen molar-refractivity contribution in [2.75, 3.05) is 0 Å². The van der Waals surface area contributed by atoms with E-state index in [1.165, 1.54) is 6.07 Å². The number of benzene rings is 1. The highest BCUT2D eigenvalue weighted by atomic mass is 127. The summed E-state index contributed by atoms with van der Waals surface area (Å²) in [5.74, 6) is 0. The Labute approximate surface area is 92.8 Å². The molecule has 0 saturated carbocycles. The van der Waals surface area contributed by atoms with Crippen LogP contribution in [0.3, 0.4) is 0 Å². The molecule has 1 aromatic carbocycles. The maximum Gasteiger partial charge on any atom is 0.288 e. The van der Waals surface area contributed by atoms with Crippen molar-refractivity contribution in [2.45, 2.75) is 6.61 Å². The highest BCUT2D eigenvalue weighted by Crippen LogP contribution is 2.31. The van der Waals surface area contributed by atoms with Gasteiger partial charge >= 0.3 is 0 Å². The summed E-state index contributed by atoms with van der Waals surface area (Å²) in [7, 11) is 0. The fourth-order valence-electron chi connectivity index (χ4n) is 0.871. The Kier molecular flexibility index (Phi) is 3.46. The zero-order valence-corrected chi connectivity index (χ0v) is 9.24. The van der Waals surface area contributed by atoms with Crippen LogP contribution in [0.1, 0.15) is 5.56 Å². The first kappa shape index (κ1) is 10.7. The number of nitro benzene ring substituents is 1. The van der Waals surface area contributed by atoms with Crippen molar-refractivity contribution in [1.82, 2.24) is 0 Å². The highest BCUT2D eigenvalue weighted by Gasteiger charge is 2.17. The van der Waals surface area contributed by atoms with Gasteiger partial charge in [-0.15, -0.1) is 0 Å². The first-order valence-electron chi connectivity index (χ1n) is 3.30. The van der Waals surface area contributed by atoms with Crippen LogP contribution in [0.5, 0.6) is 0 Å². The Morgan fingerprint density at radius 2 is 2.23 bits per heavy atom. The predicted molar refractivity (Wildman–Crippen MR) is 56.7 cm³/mol. The molecule has 0 spiro atoms. The van der Waals surface area contributed by atoms with E-state index in [2.05, 4.69) is 0 Å². The molecule has 1 N–H and O–H groups in total. The molecule has 0 aliphatic carbocycles. The van der Waals surface area contributed by atoms with Gasteiger partial charge < -0.3 is 5.11 Å². The maximum absolute atomic E-state index is 10.4.